The van der Waals surface area contributed by atoms with Crippen LogP contribution in [0.5, 0.6) is 5.75 Å². The van der Waals surface area contributed by atoms with E-state index in [2.05, 4.69) is 18.3 Å². The Morgan fingerprint density at radius 3 is 2.30 bits per heavy atom. The molecule has 0 fully saturated rings. The molecule has 0 radical (unpaired) electrons. The van der Waals surface area contributed by atoms with Gasteiger partial charge >= 0.3 is 0 Å². The normalized spacial score (nSPS) is 11.4. The minimum absolute atomic E-state index is 0.181. The second-order valence-electron chi connectivity index (χ2n) is 4.56. The molecule has 0 heterocycles. The molecule has 1 atom stereocenters. The number of nitrogens with zero attached hydrogens (tertiary/aromatic N) is 1. The number of benzene rings is 2. The minimum atomic E-state index is 0.181. The molecule has 2 aromatic carbocycles. The average molecular weight is 266 g/mol. The van der Waals surface area contributed by atoms with Crippen molar-refractivity contribution in [2.24, 2.45) is 0 Å². The van der Waals surface area contributed by atoms with Gasteiger partial charge < -0.3 is 10.1 Å². The highest BCUT2D eigenvalue weighted by atomic mass is 16.5. The molecule has 0 amide bonds. The lowest BCUT2D eigenvalue weighted by atomic mass is 10.1. The number of anilines is 1. The van der Waals surface area contributed by atoms with Crippen molar-refractivity contribution in [2.45, 2.75) is 19.9 Å². The summed E-state index contributed by atoms with van der Waals surface area (Å²) in [4.78, 5) is 0. The SMILES string of the molecule is CCOc1ccc(NC(C)c2ccc(C#N)cc2)cc1. The number of ether oxygens (including phenoxy) is 1. The molecule has 3 nitrogen and oxygen atoms in total. The van der Waals surface area contributed by atoms with E-state index in [0.717, 1.165) is 17.0 Å². The zero-order valence-corrected chi connectivity index (χ0v) is 11.8. The van der Waals surface area contributed by atoms with E-state index in [9.17, 15) is 0 Å². The van der Waals surface area contributed by atoms with E-state index in [-0.39, 0.29) is 6.04 Å². The molecular formula is C17H18N2O. The maximum Gasteiger partial charge on any atom is 0.119 e. The monoisotopic (exact) mass is 266 g/mol. The summed E-state index contributed by atoms with van der Waals surface area (Å²) in [7, 11) is 0. The van der Waals surface area contributed by atoms with Crippen molar-refractivity contribution in [3.8, 4) is 11.8 Å². The molecular weight excluding hydrogens is 248 g/mol. The van der Waals surface area contributed by atoms with Crippen LogP contribution in [0.25, 0.3) is 0 Å². The van der Waals surface area contributed by atoms with Crippen LogP contribution in [0.2, 0.25) is 0 Å². The molecule has 102 valence electrons. The van der Waals surface area contributed by atoms with Gasteiger partial charge in [0.2, 0.25) is 0 Å². The summed E-state index contributed by atoms with van der Waals surface area (Å²) in [5.41, 5.74) is 2.88. The number of rotatable bonds is 5. The van der Waals surface area contributed by atoms with Crippen LogP contribution in [-0.2, 0) is 0 Å². The Morgan fingerprint density at radius 1 is 1.10 bits per heavy atom. The molecule has 0 aliphatic carbocycles. The Kier molecular flexibility index (Phi) is 4.62. The maximum atomic E-state index is 8.79. The standard InChI is InChI=1S/C17H18N2O/c1-3-20-17-10-8-16(9-11-17)19-13(2)15-6-4-14(12-18)5-7-15/h4-11,13,19H,3H2,1-2H3. The summed E-state index contributed by atoms with van der Waals surface area (Å²) in [6.07, 6.45) is 0. The summed E-state index contributed by atoms with van der Waals surface area (Å²) >= 11 is 0. The van der Waals surface area contributed by atoms with Crippen LogP contribution in [0.1, 0.15) is 31.0 Å². The number of nitrogens with one attached hydrogen (secondary N) is 1. The molecule has 0 aliphatic rings. The van der Waals surface area contributed by atoms with Crippen molar-refractivity contribution < 1.29 is 4.74 Å². The van der Waals surface area contributed by atoms with E-state index in [1.54, 1.807) is 0 Å². The van der Waals surface area contributed by atoms with Gasteiger partial charge in [0.25, 0.3) is 0 Å². The van der Waals surface area contributed by atoms with Crippen molar-refractivity contribution in [3.05, 3.63) is 59.7 Å². The molecule has 0 spiro atoms. The third kappa shape index (κ3) is 3.52. The Bertz CT molecular complexity index is 582. The summed E-state index contributed by atoms with van der Waals surface area (Å²) in [5, 5.41) is 12.2. The molecule has 0 bridgehead atoms. The van der Waals surface area contributed by atoms with Gasteiger partial charge in [-0.1, -0.05) is 12.1 Å². The first-order valence-electron chi connectivity index (χ1n) is 6.72. The van der Waals surface area contributed by atoms with Gasteiger partial charge in [-0.3, -0.25) is 0 Å². The maximum absolute atomic E-state index is 8.79. The summed E-state index contributed by atoms with van der Waals surface area (Å²) in [6.45, 7) is 4.74. The van der Waals surface area contributed by atoms with E-state index in [0.29, 0.717) is 12.2 Å². The van der Waals surface area contributed by atoms with E-state index >= 15 is 0 Å². The highest BCUT2D eigenvalue weighted by Gasteiger charge is 2.05. The van der Waals surface area contributed by atoms with E-state index in [1.807, 2.05) is 55.5 Å². The molecule has 2 rings (SSSR count). The first-order chi connectivity index (χ1) is 9.72. The Morgan fingerprint density at radius 2 is 1.75 bits per heavy atom. The molecule has 1 unspecified atom stereocenters. The smallest absolute Gasteiger partial charge is 0.119 e. The third-order valence-electron chi connectivity index (χ3n) is 3.09. The molecule has 2 aromatic rings. The Labute approximate surface area is 119 Å². The molecule has 0 aliphatic heterocycles. The van der Waals surface area contributed by atoms with Crippen molar-refractivity contribution >= 4 is 5.69 Å². The molecule has 1 N–H and O–H groups in total. The van der Waals surface area contributed by atoms with Crippen molar-refractivity contribution in [1.29, 1.82) is 5.26 Å². The fourth-order valence-corrected chi connectivity index (χ4v) is 1.99. The average Bonchev–Trinajstić information content (AvgIpc) is 2.49. The number of hydrogen-bond donors (Lipinski definition) is 1. The van der Waals surface area contributed by atoms with Gasteiger partial charge in [0, 0.05) is 11.7 Å². The number of nitriles is 1. The van der Waals surface area contributed by atoms with Gasteiger partial charge in [-0.2, -0.15) is 5.26 Å². The third-order valence-corrected chi connectivity index (χ3v) is 3.09. The predicted octanol–water partition coefficient (Wildman–Crippen LogP) is 4.13. The summed E-state index contributed by atoms with van der Waals surface area (Å²) < 4.78 is 5.42. The fourth-order valence-electron chi connectivity index (χ4n) is 1.99. The lowest BCUT2D eigenvalue weighted by molar-refractivity contribution is 0.340. The van der Waals surface area contributed by atoms with Crippen LogP contribution in [-0.4, -0.2) is 6.61 Å². The van der Waals surface area contributed by atoms with Gasteiger partial charge in [0.1, 0.15) is 5.75 Å². The van der Waals surface area contributed by atoms with Gasteiger partial charge in [-0.05, 0) is 55.8 Å². The van der Waals surface area contributed by atoms with Crippen LogP contribution in [0.3, 0.4) is 0 Å². The zero-order chi connectivity index (χ0) is 14.4. The van der Waals surface area contributed by atoms with E-state index < -0.39 is 0 Å². The van der Waals surface area contributed by atoms with Gasteiger partial charge in [-0.25, -0.2) is 0 Å². The predicted molar refractivity (Wildman–Crippen MR) is 80.8 cm³/mol. The topological polar surface area (TPSA) is 45.0 Å². The van der Waals surface area contributed by atoms with Crippen LogP contribution < -0.4 is 10.1 Å². The van der Waals surface area contributed by atoms with E-state index in [1.165, 1.54) is 0 Å². The lowest BCUT2D eigenvalue weighted by Crippen LogP contribution is -2.06. The molecule has 0 aromatic heterocycles. The Hall–Kier alpha value is -2.47. The molecule has 0 saturated carbocycles. The largest absolute Gasteiger partial charge is 0.494 e. The van der Waals surface area contributed by atoms with Crippen LogP contribution >= 0.6 is 0 Å². The minimum Gasteiger partial charge on any atom is -0.494 e. The Balaban J connectivity index is 2.02. The molecule has 0 saturated heterocycles. The molecule has 20 heavy (non-hydrogen) atoms. The van der Waals surface area contributed by atoms with E-state index in [4.69, 9.17) is 10.00 Å². The first-order valence-corrected chi connectivity index (χ1v) is 6.72. The first kappa shape index (κ1) is 14.0. The van der Waals surface area contributed by atoms with Crippen molar-refractivity contribution in [1.82, 2.24) is 0 Å². The number of hydrogen-bond acceptors (Lipinski definition) is 3. The van der Waals surface area contributed by atoms with Crippen molar-refractivity contribution in [3.63, 3.8) is 0 Å². The quantitative estimate of drug-likeness (QED) is 0.885. The second kappa shape index (κ2) is 6.63. The summed E-state index contributed by atoms with van der Waals surface area (Å²) in [5.74, 6) is 0.879. The van der Waals surface area contributed by atoms with Gasteiger partial charge in [0.15, 0.2) is 0 Å². The van der Waals surface area contributed by atoms with Gasteiger partial charge in [0.05, 0.1) is 18.2 Å². The van der Waals surface area contributed by atoms with Gasteiger partial charge in [-0.15, -0.1) is 0 Å². The molecule has 3 heteroatoms. The highest BCUT2D eigenvalue weighted by Crippen LogP contribution is 2.21. The fraction of sp³-hybridized carbons (Fsp3) is 0.235. The van der Waals surface area contributed by atoms with Crippen LogP contribution in [0.15, 0.2) is 48.5 Å². The lowest BCUT2D eigenvalue weighted by Gasteiger charge is -2.16. The van der Waals surface area contributed by atoms with Crippen molar-refractivity contribution in [2.75, 3.05) is 11.9 Å². The second-order valence-corrected chi connectivity index (χ2v) is 4.56. The van der Waals surface area contributed by atoms with Crippen LogP contribution in [0, 0.1) is 11.3 Å². The summed E-state index contributed by atoms with van der Waals surface area (Å²) in [6, 6.07) is 17.9. The van der Waals surface area contributed by atoms with Crippen LogP contribution in [0.4, 0.5) is 5.69 Å². The zero-order valence-electron chi connectivity index (χ0n) is 11.8. The highest BCUT2D eigenvalue weighted by molar-refractivity contribution is 5.48.